The van der Waals surface area contributed by atoms with Gasteiger partial charge in [-0.3, -0.25) is 4.79 Å². The predicted molar refractivity (Wildman–Crippen MR) is 97.8 cm³/mol. The predicted octanol–water partition coefficient (Wildman–Crippen LogP) is 3.36. The average Bonchev–Trinajstić information content (AvgIpc) is 2.69. The van der Waals surface area contributed by atoms with Crippen molar-refractivity contribution in [1.29, 1.82) is 0 Å². The van der Waals surface area contributed by atoms with E-state index < -0.39 is 0 Å². The molecule has 22 heavy (non-hydrogen) atoms. The van der Waals surface area contributed by atoms with Crippen molar-refractivity contribution in [3.05, 3.63) is 15.6 Å². The lowest BCUT2D eigenvalue weighted by Crippen LogP contribution is -2.46. The van der Waals surface area contributed by atoms with Crippen molar-refractivity contribution in [2.24, 2.45) is 5.92 Å². The third-order valence-corrected chi connectivity index (χ3v) is 4.58. The van der Waals surface area contributed by atoms with Gasteiger partial charge < -0.3 is 10.6 Å². The highest BCUT2D eigenvalue weighted by atomic mass is 35.5. The second-order valence-corrected chi connectivity index (χ2v) is 7.36. The number of carbonyl (C=O) groups excluding carboxylic acids is 1. The lowest BCUT2D eigenvalue weighted by molar-refractivity contribution is 0.0928. The maximum Gasteiger partial charge on any atom is 0.263 e. The third-order valence-electron chi connectivity index (χ3n) is 3.57. The highest BCUT2D eigenvalue weighted by molar-refractivity contribution is 7.13. The molecular formula is C15H27Cl2N3OS. The Kier molecular flexibility index (Phi) is 9.55. The highest BCUT2D eigenvalue weighted by Gasteiger charge is 2.23. The fourth-order valence-electron chi connectivity index (χ4n) is 2.69. The van der Waals surface area contributed by atoms with E-state index in [0.29, 0.717) is 12.0 Å². The molecule has 2 atom stereocenters. The van der Waals surface area contributed by atoms with Crippen LogP contribution >= 0.6 is 36.2 Å². The van der Waals surface area contributed by atoms with E-state index in [2.05, 4.69) is 36.4 Å². The Hall–Kier alpha value is -0.360. The molecule has 0 bridgehead atoms. The van der Waals surface area contributed by atoms with Crippen LogP contribution in [0, 0.1) is 12.8 Å². The molecule has 0 radical (unpaired) electrons. The van der Waals surface area contributed by atoms with E-state index in [-0.39, 0.29) is 36.8 Å². The molecule has 2 rings (SSSR count). The minimum absolute atomic E-state index is 0. The molecule has 1 saturated heterocycles. The molecule has 0 saturated carbocycles. The summed E-state index contributed by atoms with van der Waals surface area (Å²) in [6, 6.07) is 0.764. The molecule has 2 unspecified atom stereocenters. The van der Waals surface area contributed by atoms with Crippen LogP contribution in [0.3, 0.4) is 0 Å². The number of piperidine rings is 1. The van der Waals surface area contributed by atoms with Gasteiger partial charge in [0.05, 0.1) is 10.7 Å². The fourth-order valence-corrected chi connectivity index (χ4v) is 3.54. The van der Waals surface area contributed by atoms with Crippen LogP contribution in [-0.2, 0) is 6.42 Å². The Bertz CT molecular complexity index is 479. The van der Waals surface area contributed by atoms with Crippen LogP contribution in [0.15, 0.2) is 0 Å². The summed E-state index contributed by atoms with van der Waals surface area (Å²) in [6.45, 7) is 9.43. The standard InChI is InChI=1S/C15H25N3OS.2ClH/c1-9(2)7-13-14(20-11(4)17-13)15(19)18-12-5-6-16-10(3)8-12;;/h9-10,12,16H,5-8H2,1-4H3,(H,18,19);2*1H. The number of thiazole rings is 1. The van der Waals surface area contributed by atoms with E-state index in [1.807, 2.05) is 6.92 Å². The van der Waals surface area contributed by atoms with Crippen molar-refractivity contribution in [3.63, 3.8) is 0 Å². The summed E-state index contributed by atoms with van der Waals surface area (Å²) in [5, 5.41) is 7.57. The largest absolute Gasteiger partial charge is 0.348 e. The van der Waals surface area contributed by atoms with Crippen LogP contribution in [0.1, 0.15) is 54.0 Å². The van der Waals surface area contributed by atoms with E-state index in [0.717, 1.165) is 41.4 Å². The molecule has 1 aromatic rings. The Balaban J connectivity index is 0.00000220. The van der Waals surface area contributed by atoms with Crippen molar-refractivity contribution in [1.82, 2.24) is 15.6 Å². The number of carbonyl (C=O) groups is 1. The molecule has 1 aliphatic rings. The van der Waals surface area contributed by atoms with Gasteiger partial charge in [0, 0.05) is 12.1 Å². The van der Waals surface area contributed by atoms with Gasteiger partial charge in [-0.15, -0.1) is 36.2 Å². The first-order chi connectivity index (χ1) is 9.45. The summed E-state index contributed by atoms with van der Waals surface area (Å²) in [5.41, 5.74) is 0.960. The normalized spacial score (nSPS) is 21.0. The fraction of sp³-hybridized carbons (Fsp3) is 0.733. The number of rotatable bonds is 4. The van der Waals surface area contributed by atoms with Gasteiger partial charge in [-0.1, -0.05) is 13.8 Å². The number of nitrogens with zero attached hydrogens (tertiary/aromatic N) is 1. The molecular weight excluding hydrogens is 341 g/mol. The number of amides is 1. The summed E-state index contributed by atoms with van der Waals surface area (Å²) in [6.07, 6.45) is 2.88. The molecule has 1 fully saturated rings. The first-order valence-electron chi connectivity index (χ1n) is 7.46. The number of hydrogen-bond acceptors (Lipinski definition) is 4. The Labute approximate surface area is 149 Å². The molecule has 1 amide bonds. The Morgan fingerprint density at radius 3 is 2.73 bits per heavy atom. The summed E-state index contributed by atoms with van der Waals surface area (Å²) >= 11 is 1.52. The zero-order chi connectivity index (χ0) is 14.7. The minimum Gasteiger partial charge on any atom is -0.348 e. The van der Waals surface area contributed by atoms with Crippen LogP contribution in [0.2, 0.25) is 0 Å². The van der Waals surface area contributed by atoms with Gasteiger partial charge in [0.1, 0.15) is 4.88 Å². The van der Waals surface area contributed by atoms with E-state index >= 15 is 0 Å². The lowest BCUT2D eigenvalue weighted by atomic mass is 10.0. The minimum atomic E-state index is 0. The topological polar surface area (TPSA) is 54.0 Å². The second-order valence-electron chi connectivity index (χ2n) is 6.16. The Morgan fingerprint density at radius 1 is 1.45 bits per heavy atom. The van der Waals surface area contributed by atoms with E-state index in [4.69, 9.17) is 0 Å². The van der Waals surface area contributed by atoms with E-state index in [9.17, 15) is 4.79 Å². The number of nitrogens with one attached hydrogen (secondary N) is 2. The lowest BCUT2D eigenvalue weighted by Gasteiger charge is -2.28. The number of hydrogen-bond donors (Lipinski definition) is 2. The van der Waals surface area contributed by atoms with Crippen LogP contribution in [0.5, 0.6) is 0 Å². The first-order valence-corrected chi connectivity index (χ1v) is 8.28. The van der Waals surface area contributed by atoms with Gasteiger partial charge in [-0.2, -0.15) is 0 Å². The van der Waals surface area contributed by atoms with Gasteiger partial charge in [0.25, 0.3) is 5.91 Å². The second kappa shape index (κ2) is 9.71. The molecule has 0 aromatic carbocycles. The third kappa shape index (κ3) is 6.03. The monoisotopic (exact) mass is 367 g/mol. The van der Waals surface area contributed by atoms with Crippen LogP contribution < -0.4 is 10.6 Å². The molecule has 128 valence electrons. The van der Waals surface area contributed by atoms with E-state index in [1.54, 1.807) is 0 Å². The zero-order valence-corrected chi connectivity index (χ0v) is 16.1. The van der Waals surface area contributed by atoms with Crippen molar-refractivity contribution >= 4 is 42.1 Å². The van der Waals surface area contributed by atoms with Crippen LogP contribution in [0.25, 0.3) is 0 Å². The average molecular weight is 368 g/mol. The van der Waals surface area contributed by atoms with Crippen molar-refractivity contribution < 1.29 is 4.79 Å². The maximum atomic E-state index is 12.5. The molecule has 1 aromatic heterocycles. The molecule has 0 aliphatic carbocycles. The molecule has 4 nitrogen and oxygen atoms in total. The summed E-state index contributed by atoms with van der Waals surface area (Å²) < 4.78 is 0. The van der Waals surface area contributed by atoms with Gasteiger partial charge in [0.15, 0.2) is 0 Å². The van der Waals surface area contributed by atoms with Crippen molar-refractivity contribution in [2.75, 3.05) is 6.54 Å². The van der Waals surface area contributed by atoms with Crippen LogP contribution in [-0.4, -0.2) is 29.5 Å². The Morgan fingerprint density at radius 2 is 2.14 bits per heavy atom. The van der Waals surface area contributed by atoms with Gasteiger partial charge in [0.2, 0.25) is 0 Å². The maximum absolute atomic E-state index is 12.5. The van der Waals surface area contributed by atoms with Crippen LogP contribution in [0.4, 0.5) is 0 Å². The van der Waals surface area contributed by atoms with Gasteiger partial charge in [-0.05, 0) is 45.6 Å². The van der Waals surface area contributed by atoms with Crippen molar-refractivity contribution in [2.45, 2.75) is 59.0 Å². The molecule has 7 heteroatoms. The summed E-state index contributed by atoms with van der Waals surface area (Å²) in [7, 11) is 0. The summed E-state index contributed by atoms with van der Waals surface area (Å²) in [4.78, 5) is 17.8. The van der Waals surface area contributed by atoms with E-state index in [1.165, 1.54) is 11.3 Å². The zero-order valence-electron chi connectivity index (χ0n) is 13.6. The molecule has 1 aliphatic heterocycles. The molecule has 2 heterocycles. The first kappa shape index (κ1) is 21.6. The highest BCUT2D eigenvalue weighted by Crippen LogP contribution is 2.21. The summed E-state index contributed by atoms with van der Waals surface area (Å²) in [5.74, 6) is 0.576. The SMILES string of the molecule is Cc1nc(CC(C)C)c(C(=O)NC2CCNC(C)C2)s1.Cl.Cl. The quantitative estimate of drug-likeness (QED) is 0.857. The number of halogens is 2. The van der Waals surface area contributed by atoms with Gasteiger partial charge >= 0.3 is 0 Å². The number of aryl methyl sites for hydroxylation is 1. The molecule has 0 spiro atoms. The van der Waals surface area contributed by atoms with Crippen molar-refractivity contribution in [3.8, 4) is 0 Å². The number of aromatic nitrogens is 1. The smallest absolute Gasteiger partial charge is 0.263 e. The van der Waals surface area contributed by atoms with Gasteiger partial charge in [-0.25, -0.2) is 4.98 Å². The molecule has 2 N–H and O–H groups in total.